The maximum atomic E-state index is 12.9. The third kappa shape index (κ3) is 2.65. The standard InChI is InChI=1S/C10H11BrF2N2/c11-9-2-1-8(7-14-9)15-5-3-10(12,13)4-6-15/h1-2,7H,3-6H2. The summed E-state index contributed by atoms with van der Waals surface area (Å²) in [5.41, 5.74) is 0.911. The Balaban J connectivity index is 2.04. The van der Waals surface area contributed by atoms with E-state index in [2.05, 4.69) is 20.9 Å². The van der Waals surface area contributed by atoms with Crippen LogP contribution in [0, 0.1) is 0 Å². The summed E-state index contributed by atoms with van der Waals surface area (Å²) >= 11 is 3.24. The van der Waals surface area contributed by atoms with E-state index in [1.807, 2.05) is 17.0 Å². The van der Waals surface area contributed by atoms with Gasteiger partial charge in [-0.3, -0.25) is 0 Å². The molecule has 0 N–H and O–H groups in total. The van der Waals surface area contributed by atoms with E-state index < -0.39 is 5.92 Å². The molecule has 15 heavy (non-hydrogen) atoms. The molecule has 0 amide bonds. The molecule has 2 rings (SSSR count). The summed E-state index contributed by atoms with van der Waals surface area (Å²) in [5, 5.41) is 0. The van der Waals surface area contributed by atoms with Crippen molar-refractivity contribution in [1.82, 2.24) is 4.98 Å². The molecule has 2 heterocycles. The van der Waals surface area contributed by atoms with Crippen LogP contribution >= 0.6 is 15.9 Å². The van der Waals surface area contributed by atoms with Crippen molar-refractivity contribution >= 4 is 21.6 Å². The van der Waals surface area contributed by atoms with Gasteiger partial charge in [0, 0.05) is 25.9 Å². The molecule has 0 aliphatic carbocycles. The fourth-order valence-corrected chi connectivity index (χ4v) is 1.88. The predicted molar refractivity (Wildman–Crippen MR) is 58.3 cm³/mol. The lowest BCUT2D eigenvalue weighted by atomic mass is 10.1. The van der Waals surface area contributed by atoms with Gasteiger partial charge in [-0.15, -0.1) is 0 Å². The maximum Gasteiger partial charge on any atom is 0.251 e. The molecule has 0 saturated carbocycles. The molecule has 2 nitrogen and oxygen atoms in total. The second-order valence-corrected chi connectivity index (χ2v) is 4.49. The number of pyridine rings is 1. The van der Waals surface area contributed by atoms with Crippen molar-refractivity contribution < 1.29 is 8.78 Å². The molecule has 0 unspecified atom stereocenters. The van der Waals surface area contributed by atoms with Gasteiger partial charge >= 0.3 is 0 Å². The Hall–Kier alpha value is -0.710. The van der Waals surface area contributed by atoms with Crippen LogP contribution in [-0.4, -0.2) is 24.0 Å². The van der Waals surface area contributed by atoms with Crippen LogP contribution in [0.15, 0.2) is 22.9 Å². The van der Waals surface area contributed by atoms with Crippen molar-refractivity contribution in [3.8, 4) is 0 Å². The summed E-state index contributed by atoms with van der Waals surface area (Å²) in [4.78, 5) is 6.02. The fraction of sp³-hybridized carbons (Fsp3) is 0.500. The van der Waals surface area contributed by atoms with E-state index in [0.717, 1.165) is 10.3 Å². The summed E-state index contributed by atoms with van der Waals surface area (Å²) in [6.45, 7) is 0.798. The first-order valence-corrected chi connectivity index (χ1v) is 5.60. The summed E-state index contributed by atoms with van der Waals surface area (Å²) in [6.07, 6.45) is 1.57. The lowest BCUT2D eigenvalue weighted by molar-refractivity contribution is -0.0220. The molecule has 1 saturated heterocycles. The van der Waals surface area contributed by atoms with E-state index in [1.165, 1.54) is 0 Å². The smallest absolute Gasteiger partial charge is 0.251 e. The molecule has 1 aliphatic heterocycles. The van der Waals surface area contributed by atoms with Crippen LogP contribution in [0.5, 0.6) is 0 Å². The number of anilines is 1. The van der Waals surface area contributed by atoms with Crippen LogP contribution in [-0.2, 0) is 0 Å². The maximum absolute atomic E-state index is 12.9. The van der Waals surface area contributed by atoms with Crippen molar-refractivity contribution in [2.24, 2.45) is 0 Å². The van der Waals surface area contributed by atoms with Crippen LogP contribution in [0.2, 0.25) is 0 Å². The van der Waals surface area contributed by atoms with E-state index in [0.29, 0.717) is 13.1 Å². The quantitative estimate of drug-likeness (QED) is 0.733. The van der Waals surface area contributed by atoms with E-state index >= 15 is 0 Å². The zero-order valence-electron chi connectivity index (χ0n) is 8.09. The average molecular weight is 277 g/mol. The van der Waals surface area contributed by atoms with E-state index in [1.54, 1.807) is 6.20 Å². The summed E-state index contributed by atoms with van der Waals surface area (Å²) in [6, 6.07) is 3.71. The number of alkyl halides is 2. The molecule has 0 radical (unpaired) electrons. The second-order valence-electron chi connectivity index (χ2n) is 3.68. The third-order valence-corrected chi connectivity index (χ3v) is 3.04. The molecule has 1 aliphatic rings. The number of rotatable bonds is 1. The Labute approximate surface area is 95.4 Å². The number of halogens is 3. The van der Waals surface area contributed by atoms with Crippen LogP contribution in [0.1, 0.15) is 12.8 Å². The highest BCUT2D eigenvalue weighted by molar-refractivity contribution is 9.10. The van der Waals surface area contributed by atoms with Crippen LogP contribution < -0.4 is 4.90 Å². The highest BCUT2D eigenvalue weighted by Crippen LogP contribution is 2.30. The predicted octanol–water partition coefficient (Wildman–Crippen LogP) is 3.08. The molecule has 0 aromatic carbocycles. The van der Waals surface area contributed by atoms with Gasteiger partial charge < -0.3 is 4.90 Å². The molecule has 0 atom stereocenters. The fourth-order valence-electron chi connectivity index (χ4n) is 1.65. The zero-order valence-corrected chi connectivity index (χ0v) is 9.67. The molecule has 0 bridgehead atoms. The molecule has 0 spiro atoms. The Morgan fingerprint density at radius 1 is 1.27 bits per heavy atom. The molecule has 1 aromatic rings. The van der Waals surface area contributed by atoms with Crippen molar-refractivity contribution in [1.29, 1.82) is 0 Å². The minimum Gasteiger partial charge on any atom is -0.370 e. The van der Waals surface area contributed by atoms with Gasteiger partial charge in [0.05, 0.1) is 11.9 Å². The van der Waals surface area contributed by atoms with E-state index in [-0.39, 0.29) is 12.8 Å². The van der Waals surface area contributed by atoms with Crippen molar-refractivity contribution in [3.63, 3.8) is 0 Å². The number of piperidine rings is 1. The first-order chi connectivity index (χ1) is 7.07. The van der Waals surface area contributed by atoms with Gasteiger partial charge in [-0.25, -0.2) is 13.8 Å². The van der Waals surface area contributed by atoms with Gasteiger partial charge in [0.15, 0.2) is 0 Å². The summed E-state index contributed by atoms with van der Waals surface area (Å²) in [5.74, 6) is -2.49. The molecule has 82 valence electrons. The largest absolute Gasteiger partial charge is 0.370 e. The zero-order chi connectivity index (χ0) is 10.9. The van der Waals surface area contributed by atoms with Crippen molar-refractivity contribution in [2.45, 2.75) is 18.8 Å². The second kappa shape index (κ2) is 4.04. The minimum absolute atomic E-state index is 0.0664. The van der Waals surface area contributed by atoms with Gasteiger partial charge in [-0.1, -0.05) is 0 Å². The van der Waals surface area contributed by atoms with Gasteiger partial charge in [0.2, 0.25) is 0 Å². The first kappa shape index (κ1) is 10.8. The summed E-state index contributed by atoms with van der Waals surface area (Å²) in [7, 11) is 0. The molecular formula is C10H11BrF2N2. The van der Waals surface area contributed by atoms with Crippen LogP contribution in [0.3, 0.4) is 0 Å². The molecular weight excluding hydrogens is 266 g/mol. The SMILES string of the molecule is FC1(F)CCN(c2ccc(Br)nc2)CC1. The Kier molecular flexibility index (Phi) is 2.91. The van der Waals surface area contributed by atoms with E-state index in [4.69, 9.17) is 0 Å². The highest BCUT2D eigenvalue weighted by Gasteiger charge is 2.33. The molecule has 5 heteroatoms. The van der Waals surface area contributed by atoms with Crippen molar-refractivity contribution in [3.05, 3.63) is 22.9 Å². The Morgan fingerprint density at radius 2 is 1.93 bits per heavy atom. The lowest BCUT2D eigenvalue weighted by Crippen LogP contribution is -2.39. The first-order valence-electron chi connectivity index (χ1n) is 4.81. The Morgan fingerprint density at radius 3 is 2.47 bits per heavy atom. The normalized spacial score (nSPS) is 20.3. The van der Waals surface area contributed by atoms with Crippen LogP contribution in [0.25, 0.3) is 0 Å². The highest BCUT2D eigenvalue weighted by atomic mass is 79.9. The number of hydrogen-bond donors (Lipinski definition) is 0. The number of nitrogens with zero attached hydrogens (tertiary/aromatic N) is 2. The van der Waals surface area contributed by atoms with Gasteiger partial charge in [0.25, 0.3) is 5.92 Å². The van der Waals surface area contributed by atoms with Gasteiger partial charge in [0.1, 0.15) is 4.60 Å². The van der Waals surface area contributed by atoms with Gasteiger partial charge in [-0.05, 0) is 28.1 Å². The Bertz CT molecular complexity index is 330. The topological polar surface area (TPSA) is 16.1 Å². The minimum atomic E-state index is -2.49. The van der Waals surface area contributed by atoms with E-state index in [9.17, 15) is 8.78 Å². The number of aromatic nitrogens is 1. The monoisotopic (exact) mass is 276 g/mol. The molecule has 1 aromatic heterocycles. The molecule has 1 fully saturated rings. The van der Waals surface area contributed by atoms with Crippen LogP contribution in [0.4, 0.5) is 14.5 Å². The lowest BCUT2D eigenvalue weighted by Gasteiger charge is -2.33. The average Bonchev–Trinajstić information content (AvgIpc) is 2.20. The van der Waals surface area contributed by atoms with Crippen molar-refractivity contribution in [2.75, 3.05) is 18.0 Å². The number of hydrogen-bond acceptors (Lipinski definition) is 2. The van der Waals surface area contributed by atoms with Gasteiger partial charge in [-0.2, -0.15) is 0 Å². The summed E-state index contributed by atoms with van der Waals surface area (Å²) < 4.78 is 26.6. The third-order valence-electron chi connectivity index (χ3n) is 2.57.